The molecule has 1 aliphatic heterocycles. The van der Waals surface area contributed by atoms with Gasteiger partial charge in [0.25, 0.3) is 0 Å². The average Bonchev–Trinajstić information content (AvgIpc) is 3.63. The van der Waals surface area contributed by atoms with Crippen molar-refractivity contribution >= 4 is 0 Å². The van der Waals surface area contributed by atoms with Crippen LogP contribution in [-0.4, -0.2) is 0 Å². The molecule has 0 N–H and O–H groups in total. The Morgan fingerprint density at radius 3 is 1.38 bits per heavy atom. The van der Waals surface area contributed by atoms with Crippen LogP contribution in [0.1, 0.15) is 42.8 Å². The van der Waals surface area contributed by atoms with Gasteiger partial charge in [-0.3, -0.25) is 0 Å². The summed E-state index contributed by atoms with van der Waals surface area (Å²) in [5.74, 6) is -1.07. The van der Waals surface area contributed by atoms with Crippen molar-refractivity contribution in [3.8, 4) is 67.1 Å². The molecule has 0 aromatic heterocycles. The minimum Gasteiger partial charge on any atom is -0.457 e. The molecule has 8 aromatic carbocycles. The van der Waals surface area contributed by atoms with Crippen LogP contribution in [0.3, 0.4) is 0 Å². The second-order valence-electron chi connectivity index (χ2n) is 12.0. The summed E-state index contributed by atoms with van der Waals surface area (Å²) in [7, 11) is 0. The van der Waals surface area contributed by atoms with Crippen molar-refractivity contribution in [3.63, 3.8) is 0 Å². The quantitative estimate of drug-likeness (QED) is 0.184. The van der Waals surface area contributed by atoms with Crippen LogP contribution >= 0.6 is 0 Å². The van der Waals surface area contributed by atoms with Gasteiger partial charge in [0.05, 0.1) is 26.0 Å². The summed E-state index contributed by atoms with van der Waals surface area (Å²) in [5, 5.41) is 0. The molecule has 0 unspecified atom stereocenters. The van der Waals surface area contributed by atoms with Crippen LogP contribution in [0.5, 0.6) is 11.5 Å². The molecule has 0 radical (unpaired) electrons. The maximum Gasteiger partial charge on any atom is 0.132 e. The SMILES string of the molecule is [2H]c1c([2H])c([2H])c2c(c1[2H])Oc1c([2H])c(-c3ccccc3-c3ccccc3-c3ccccc3-c3ccccc3)c([2H])c([2H])c1C21c2c([2H])c([2H])c([2H])c([2H])c2-c2c([2H])c([2H])c([2H])c([2H])c21. The molecule has 0 saturated heterocycles. The largest absolute Gasteiger partial charge is 0.457 e. The Bertz CT molecular complexity index is 3350. The van der Waals surface area contributed by atoms with Gasteiger partial charge in [0, 0.05) is 11.1 Å². The lowest BCUT2D eigenvalue weighted by Crippen LogP contribution is -2.32. The molecule has 0 saturated carbocycles. The van der Waals surface area contributed by atoms with E-state index in [0.717, 1.165) is 27.8 Å². The third-order valence-corrected chi connectivity index (χ3v) is 9.48. The summed E-state index contributed by atoms with van der Waals surface area (Å²) in [6.07, 6.45) is 0. The smallest absolute Gasteiger partial charge is 0.132 e. The summed E-state index contributed by atoms with van der Waals surface area (Å²) in [5.41, 5.74) is 0.0939. The molecule has 0 fully saturated rings. The molecule has 1 aliphatic carbocycles. The number of fused-ring (bicyclic) bond motifs is 9. The van der Waals surface area contributed by atoms with Crippen molar-refractivity contribution in [1.82, 2.24) is 0 Å². The fourth-order valence-corrected chi connectivity index (χ4v) is 7.40. The summed E-state index contributed by atoms with van der Waals surface area (Å²) in [6.45, 7) is 0. The Labute approximate surface area is 313 Å². The molecule has 1 spiro atoms. The summed E-state index contributed by atoms with van der Waals surface area (Å²) in [6, 6.07) is 21.8. The first-order valence-electron chi connectivity index (χ1n) is 23.6. The van der Waals surface area contributed by atoms with E-state index in [2.05, 4.69) is 0 Å². The molecule has 50 heavy (non-hydrogen) atoms. The minimum atomic E-state index is -2.56. The first kappa shape index (κ1) is 17.3. The maximum atomic E-state index is 10.0. The molecule has 0 atom stereocenters. The number of benzene rings is 8. The van der Waals surface area contributed by atoms with E-state index in [1.165, 1.54) is 0 Å². The topological polar surface area (TPSA) is 9.23 Å². The van der Waals surface area contributed by atoms with Gasteiger partial charge in [-0.25, -0.2) is 0 Å². The Kier molecular flexibility index (Phi) is 3.92. The van der Waals surface area contributed by atoms with E-state index in [9.17, 15) is 8.22 Å². The van der Waals surface area contributed by atoms with Crippen LogP contribution < -0.4 is 4.74 Å². The number of hydrogen-bond donors (Lipinski definition) is 0. The molecule has 2 aliphatic rings. The standard InChI is InChI=1S/C49H32O/c1-2-16-33(17-3-1)35-18-4-6-20-37(35)39-22-8-9-23-40(39)38-21-7-5-19-36(38)34-30-31-46-48(32-34)50-47-29-15-14-28-45(47)49(46)43-26-12-10-24-41(43)42-25-11-13-27-44(42)49/h1-32H/i10D,11D,12D,13D,14D,15D,24D,25D,26D,27D,28D,29D,30D,31D,32D. The molecule has 8 aromatic rings. The molecule has 1 nitrogen and oxygen atoms in total. The minimum absolute atomic E-state index is 0.0988. The molecule has 1 heteroatoms. The van der Waals surface area contributed by atoms with E-state index in [0.29, 0.717) is 11.1 Å². The van der Waals surface area contributed by atoms with Crippen LogP contribution in [0.25, 0.3) is 55.6 Å². The van der Waals surface area contributed by atoms with E-state index in [4.69, 9.17) is 17.1 Å². The number of hydrogen-bond acceptors (Lipinski definition) is 1. The van der Waals surface area contributed by atoms with Crippen molar-refractivity contribution < 1.29 is 25.3 Å². The van der Waals surface area contributed by atoms with E-state index < -0.39 is 130 Å². The van der Waals surface area contributed by atoms with Crippen LogP contribution in [0, 0.1) is 0 Å². The van der Waals surface area contributed by atoms with Crippen molar-refractivity contribution in [2.45, 2.75) is 5.41 Å². The molecule has 234 valence electrons. The zero-order valence-corrected chi connectivity index (χ0v) is 26.2. The highest BCUT2D eigenvalue weighted by atomic mass is 16.5. The highest BCUT2D eigenvalue weighted by Gasteiger charge is 2.50. The molecule has 1 heterocycles. The van der Waals surface area contributed by atoms with Crippen molar-refractivity contribution in [3.05, 3.63) is 216 Å². The van der Waals surface area contributed by atoms with Crippen LogP contribution in [0.2, 0.25) is 0 Å². The van der Waals surface area contributed by atoms with Gasteiger partial charge in [0.15, 0.2) is 0 Å². The summed E-state index contributed by atoms with van der Waals surface area (Å²) < 4.78 is 145. The van der Waals surface area contributed by atoms with Gasteiger partial charge in [0.1, 0.15) is 11.5 Å². The number of ether oxygens (including phenoxy) is 1. The fourth-order valence-electron chi connectivity index (χ4n) is 7.40. The van der Waals surface area contributed by atoms with Gasteiger partial charge < -0.3 is 4.74 Å². The predicted molar refractivity (Wildman–Crippen MR) is 206 cm³/mol. The second-order valence-corrected chi connectivity index (χ2v) is 12.0. The van der Waals surface area contributed by atoms with Gasteiger partial charge in [-0.15, -0.1) is 0 Å². The van der Waals surface area contributed by atoms with Crippen molar-refractivity contribution in [1.29, 1.82) is 0 Å². The van der Waals surface area contributed by atoms with Gasteiger partial charge in [-0.2, -0.15) is 0 Å². The van der Waals surface area contributed by atoms with Gasteiger partial charge in [0.2, 0.25) is 0 Å². The number of rotatable bonds is 4. The molecule has 10 rings (SSSR count). The van der Waals surface area contributed by atoms with E-state index >= 15 is 0 Å². The lowest BCUT2D eigenvalue weighted by Gasteiger charge is -2.39. The molecule has 0 bridgehead atoms. The highest BCUT2D eigenvalue weighted by molar-refractivity contribution is 5.96. The predicted octanol–water partition coefficient (Wildman–Crippen LogP) is 12.8. The summed E-state index contributed by atoms with van der Waals surface area (Å²) >= 11 is 0. The van der Waals surface area contributed by atoms with E-state index in [1.54, 1.807) is 18.2 Å². The molecular formula is C49H32O. The summed E-state index contributed by atoms with van der Waals surface area (Å²) in [4.78, 5) is 0. The van der Waals surface area contributed by atoms with E-state index in [1.807, 2.05) is 84.9 Å². The van der Waals surface area contributed by atoms with Gasteiger partial charge in [-0.1, -0.05) is 182 Å². The first-order chi connectivity index (χ1) is 31.1. The maximum absolute atomic E-state index is 10.0. The zero-order chi connectivity index (χ0) is 46.1. The van der Waals surface area contributed by atoms with Crippen molar-refractivity contribution in [2.24, 2.45) is 0 Å². The highest BCUT2D eigenvalue weighted by Crippen LogP contribution is 2.62. The van der Waals surface area contributed by atoms with Crippen molar-refractivity contribution in [2.75, 3.05) is 0 Å². The monoisotopic (exact) mass is 651 g/mol. The third-order valence-electron chi connectivity index (χ3n) is 9.48. The lowest BCUT2D eigenvalue weighted by molar-refractivity contribution is 0.436. The fraction of sp³-hybridized carbons (Fsp3) is 0.0204. The van der Waals surface area contributed by atoms with E-state index in [-0.39, 0.29) is 16.7 Å². The third kappa shape index (κ3) is 4.14. The van der Waals surface area contributed by atoms with Gasteiger partial charge in [-0.05, 0) is 78.8 Å². The average molecular weight is 652 g/mol. The zero-order valence-electron chi connectivity index (χ0n) is 41.2. The lowest BCUT2D eigenvalue weighted by atomic mass is 9.66. The number of para-hydroxylation sites is 1. The Hall–Kier alpha value is -6.44. The Morgan fingerprint density at radius 1 is 0.340 bits per heavy atom. The molecular weight excluding hydrogens is 605 g/mol. The van der Waals surface area contributed by atoms with Gasteiger partial charge >= 0.3 is 0 Å². The molecule has 0 amide bonds. The Morgan fingerprint density at radius 2 is 0.780 bits per heavy atom. The Balaban J connectivity index is 1.35. The van der Waals surface area contributed by atoms with Crippen LogP contribution in [0.4, 0.5) is 0 Å². The van der Waals surface area contributed by atoms with Crippen LogP contribution in [0.15, 0.2) is 194 Å². The second kappa shape index (κ2) is 11.3. The first-order valence-corrected chi connectivity index (χ1v) is 16.1. The normalized spacial score (nSPS) is 17.3. The van der Waals surface area contributed by atoms with Crippen LogP contribution in [-0.2, 0) is 5.41 Å².